The van der Waals surface area contributed by atoms with E-state index in [2.05, 4.69) is 120 Å². The van der Waals surface area contributed by atoms with Gasteiger partial charge in [0, 0.05) is 34.6 Å². The van der Waals surface area contributed by atoms with Crippen molar-refractivity contribution in [3.63, 3.8) is 0 Å². The van der Waals surface area contributed by atoms with Crippen LogP contribution in [0.5, 0.6) is 0 Å². The van der Waals surface area contributed by atoms with E-state index in [-0.39, 0.29) is 0 Å². The molecule has 0 radical (unpaired) electrons. The Kier molecular flexibility index (Phi) is 7.14. The van der Waals surface area contributed by atoms with Crippen molar-refractivity contribution in [1.29, 1.82) is 0 Å². The molecule has 4 heteroatoms. The topological polar surface area (TPSA) is 51.6 Å². The Morgan fingerprint density at radius 1 is 0.304 bits per heavy atom. The van der Waals surface area contributed by atoms with Crippen LogP contribution in [0, 0.1) is 0 Å². The first-order valence-electron chi connectivity index (χ1n) is 15.3. The van der Waals surface area contributed by atoms with Gasteiger partial charge < -0.3 is 0 Å². The molecule has 0 saturated heterocycles. The summed E-state index contributed by atoms with van der Waals surface area (Å²) in [5.41, 5.74) is 9.69. The van der Waals surface area contributed by atoms with Crippen LogP contribution < -0.4 is 0 Å². The van der Waals surface area contributed by atoms with Gasteiger partial charge in [-0.25, -0.2) is 15.0 Å². The lowest BCUT2D eigenvalue weighted by Gasteiger charge is -2.14. The molecule has 2 aromatic heterocycles. The summed E-state index contributed by atoms with van der Waals surface area (Å²) in [4.78, 5) is 19.4. The van der Waals surface area contributed by atoms with Gasteiger partial charge in [0.25, 0.3) is 0 Å². The van der Waals surface area contributed by atoms with Gasteiger partial charge in [-0.2, -0.15) is 0 Å². The average Bonchev–Trinajstić information content (AvgIpc) is 3.15. The van der Waals surface area contributed by atoms with Crippen LogP contribution in [-0.4, -0.2) is 19.9 Å². The van der Waals surface area contributed by atoms with Gasteiger partial charge in [-0.1, -0.05) is 140 Å². The molecular weight excluding hydrogens is 560 g/mol. The van der Waals surface area contributed by atoms with E-state index in [4.69, 9.17) is 15.0 Å². The monoisotopic (exact) mass is 588 g/mol. The smallest absolute Gasteiger partial charge is 0.164 e. The number of aromatic nitrogens is 4. The van der Waals surface area contributed by atoms with Crippen LogP contribution in [0.2, 0.25) is 0 Å². The van der Waals surface area contributed by atoms with E-state index in [1.165, 1.54) is 5.56 Å². The van der Waals surface area contributed by atoms with Gasteiger partial charge >= 0.3 is 0 Å². The molecule has 0 spiro atoms. The minimum absolute atomic E-state index is 0.640. The highest BCUT2D eigenvalue weighted by molar-refractivity contribution is 6.04. The molecule has 0 saturated carbocycles. The molecule has 0 bridgehead atoms. The molecule has 0 unspecified atom stereocenters. The van der Waals surface area contributed by atoms with Crippen LogP contribution in [0.3, 0.4) is 0 Å². The molecule has 0 aliphatic rings. The van der Waals surface area contributed by atoms with Crippen LogP contribution in [0.25, 0.3) is 78.3 Å². The number of rotatable bonds is 6. The molecule has 0 aliphatic carbocycles. The van der Waals surface area contributed by atoms with Crippen molar-refractivity contribution in [2.24, 2.45) is 0 Å². The van der Waals surface area contributed by atoms with Gasteiger partial charge in [-0.05, 0) is 56.8 Å². The first-order chi connectivity index (χ1) is 22.8. The standard InChI is InChI=1S/C42H28N4/c1-3-11-29(12-4-1)30-20-22-32(23-21-30)41-44-40(31-13-5-2-6-14-31)45-42(46-41)39-25-24-36(37-18-7-8-19-38(37)39)34-16-9-15-33(27-34)35-17-10-26-43-28-35/h1-28H. The summed E-state index contributed by atoms with van der Waals surface area (Å²) in [7, 11) is 0. The summed E-state index contributed by atoms with van der Waals surface area (Å²) in [6.07, 6.45) is 3.70. The predicted molar refractivity (Wildman–Crippen MR) is 188 cm³/mol. The molecule has 46 heavy (non-hydrogen) atoms. The van der Waals surface area contributed by atoms with Crippen LogP contribution >= 0.6 is 0 Å². The van der Waals surface area contributed by atoms with E-state index in [9.17, 15) is 0 Å². The Labute approximate surface area is 267 Å². The SMILES string of the molecule is c1ccc(-c2ccc(-c3nc(-c4ccccc4)nc(-c4ccc(-c5cccc(-c6cccnc6)c5)c5ccccc45)n3)cc2)cc1. The third-order valence-corrected chi connectivity index (χ3v) is 8.25. The number of hydrogen-bond donors (Lipinski definition) is 0. The Morgan fingerprint density at radius 2 is 0.804 bits per heavy atom. The highest BCUT2D eigenvalue weighted by Gasteiger charge is 2.16. The Hall–Kier alpha value is -6.26. The fourth-order valence-corrected chi connectivity index (χ4v) is 5.93. The molecule has 0 amide bonds. The zero-order valence-corrected chi connectivity index (χ0v) is 25.0. The van der Waals surface area contributed by atoms with E-state index in [0.29, 0.717) is 17.5 Å². The fourth-order valence-electron chi connectivity index (χ4n) is 5.93. The summed E-state index contributed by atoms with van der Waals surface area (Å²) in [5.74, 6) is 1.92. The normalized spacial score (nSPS) is 11.0. The third-order valence-electron chi connectivity index (χ3n) is 8.25. The molecule has 0 aliphatic heterocycles. The average molecular weight is 589 g/mol. The Bertz CT molecular complexity index is 2280. The maximum Gasteiger partial charge on any atom is 0.164 e. The minimum Gasteiger partial charge on any atom is -0.264 e. The predicted octanol–water partition coefficient (Wildman–Crippen LogP) is 10.4. The summed E-state index contributed by atoms with van der Waals surface area (Å²) < 4.78 is 0. The molecule has 8 rings (SSSR count). The number of benzene rings is 6. The van der Waals surface area contributed by atoms with Crippen molar-refractivity contribution >= 4 is 10.8 Å². The van der Waals surface area contributed by atoms with Crippen LogP contribution in [0.15, 0.2) is 170 Å². The largest absolute Gasteiger partial charge is 0.264 e. The molecule has 216 valence electrons. The lowest BCUT2D eigenvalue weighted by atomic mass is 9.93. The molecular formula is C42H28N4. The quantitative estimate of drug-likeness (QED) is 0.194. The number of hydrogen-bond acceptors (Lipinski definition) is 4. The van der Waals surface area contributed by atoms with E-state index in [1.54, 1.807) is 6.20 Å². The van der Waals surface area contributed by atoms with Crippen molar-refractivity contribution in [3.05, 3.63) is 170 Å². The lowest BCUT2D eigenvalue weighted by molar-refractivity contribution is 1.08. The number of pyridine rings is 1. The second-order valence-corrected chi connectivity index (χ2v) is 11.1. The van der Waals surface area contributed by atoms with Crippen molar-refractivity contribution in [2.45, 2.75) is 0 Å². The molecule has 8 aromatic rings. The van der Waals surface area contributed by atoms with Gasteiger partial charge in [-0.15, -0.1) is 0 Å². The molecule has 2 heterocycles. The van der Waals surface area contributed by atoms with Crippen molar-refractivity contribution in [2.75, 3.05) is 0 Å². The summed E-state index contributed by atoms with van der Waals surface area (Å²) in [6, 6.07) is 54.4. The zero-order chi connectivity index (χ0) is 30.7. The molecule has 6 aromatic carbocycles. The van der Waals surface area contributed by atoms with E-state index in [0.717, 1.165) is 55.3 Å². The van der Waals surface area contributed by atoms with Crippen molar-refractivity contribution in [3.8, 4) is 67.5 Å². The lowest BCUT2D eigenvalue weighted by Crippen LogP contribution is -2.00. The van der Waals surface area contributed by atoms with E-state index in [1.807, 2.05) is 48.7 Å². The van der Waals surface area contributed by atoms with Gasteiger partial charge in [0.2, 0.25) is 0 Å². The summed E-state index contributed by atoms with van der Waals surface area (Å²) in [5, 5.41) is 2.22. The number of fused-ring (bicyclic) bond motifs is 1. The highest BCUT2D eigenvalue weighted by Crippen LogP contribution is 2.37. The first kappa shape index (κ1) is 27.3. The minimum atomic E-state index is 0.640. The first-order valence-corrected chi connectivity index (χ1v) is 15.3. The summed E-state index contributed by atoms with van der Waals surface area (Å²) in [6.45, 7) is 0. The van der Waals surface area contributed by atoms with Crippen LogP contribution in [-0.2, 0) is 0 Å². The number of nitrogens with zero attached hydrogens (tertiary/aromatic N) is 4. The highest BCUT2D eigenvalue weighted by atomic mass is 15.0. The Balaban J connectivity index is 1.26. The maximum atomic E-state index is 5.08. The van der Waals surface area contributed by atoms with Gasteiger partial charge in [-0.3, -0.25) is 4.98 Å². The molecule has 0 fully saturated rings. The molecule has 4 nitrogen and oxygen atoms in total. The van der Waals surface area contributed by atoms with Gasteiger partial charge in [0.15, 0.2) is 17.5 Å². The third kappa shape index (κ3) is 5.33. The van der Waals surface area contributed by atoms with E-state index < -0.39 is 0 Å². The van der Waals surface area contributed by atoms with Crippen LogP contribution in [0.4, 0.5) is 0 Å². The van der Waals surface area contributed by atoms with E-state index >= 15 is 0 Å². The second-order valence-electron chi connectivity index (χ2n) is 11.1. The van der Waals surface area contributed by atoms with Crippen molar-refractivity contribution in [1.82, 2.24) is 19.9 Å². The second kappa shape index (κ2) is 12.0. The molecule has 0 atom stereocenters. The van der Waals surface area contributed by atoms with Gasteiger partial charge in [0.05, 0.1) is 0 Å². The maximum absolute atomic E-state index is 5.08. The zero-order valence-electron chi connectivity index (χ0n) is 25.0. The summed E-state index contributed by atoms with van der Waals surface area (Å²) >= 11 is 0. The Morgan fingerprint density at radius 3 is 1.50 bits per heavy atom. The van der Waals surface area contributed by atoms with Crippen molar-refractivity contribution < 1.29 is 0 Å². The molecule has 0 N–H and O–H groups in total. The van der Waals surface area contributed by atoms with Crippen LogP contribution in [0.1, 0.15) is 0 Å². The van der Waals surface area contributed by atoms with Gasteiger partial charge in [0.1, 0.15) is 0 Å². The fraction of sp³-hybridized carbons (Fsp3) is 0.